The molecule has 1 amide bonds. The van der Waals surface area contributed by atoms with Crippen molar-refractivity contribution in [3.05, 3.63) is 71.8 Å². The third-order valence-corrected chi connectivity index (χ3v) is 5.46. The number of amides is 1. The first-order valence-corrected chi connectivity index (χ1v) is 9.18. The summed E-state index contributed by atoms with van der Waals surface area (Å²) in [7, 11) is 0. The molecule has 1 saturated carbocycles. The monoisotopic (exact) mass is 337 g/mol. The van der Waals surface area contributed by atoms with Gasteiger partial charge in [0, 0.05) is 6.54 Å². The van der Waals surface area contributed by atoms with Crippen LogP contribution in [0.5, 0.6) is 0 Å². The standard InChI is InChI=1S/C22H27NO2/c1-22(18-10-4-2-5-11-18,19-12-6-3-7-13-19)21(25)23-16-17-9-8-14-20(24)15-17/h2-7,10-13,17,20,24H,8-9,14-16H2,1H3,(H,23,25). The van der Waals surface area contributed by atoms with Crippen molar-refractivity contribution in [2.75, 3.05) is 6.54 Å². The van der Waals surface area contributed by atoms with Crippen molar-refractivity contribution in [1.29, 1.82) is 0 Å². The Bertz CT molecular complexity index is 644. The molecule has 3 heteroatoms. The topological polar surface area (TPSA) is 49.3 Å². The summed E-state index contributed by atoms with van der Waals surface area (Å²) in [6.45, 7) is 2.62. The molecule has 0 bridgehead atoms. The van der Waals surface area contributed by atoms with E-state index in [1.54, 1.807) is 0 Å². The first-order valence-electron chi connectivity index (χ1n) is 9.18. The molecule has 1 aliphatic carbocycles. The lowest BCUT2D eigenvalue weighted by Gasteiger charge is -2.32. The minimum atomic E-state index is -0.726. The van der Waals surface area contributed by atoms with E-state index >= 15 is 0 Å². The third-order valence-electron chi connectivity index (χ3n) is 5.46. The lowest BCUT2D eigenvalue weighted by atomic mass is 9.75. The zero-order valence-corrected chi connectivity index (χ0v) is 14.8. The fourth-order valence-corrected chi connectivity index (χ4v) is 3.83. The Balaban J connectivity index is 1.81. The van der Waals surface area contributed by atoms with Crippen LogP contribution in [0.3, 0.4) is 0 Å². The number of aliphatic hydroxyl groups excluding tert-OH is 1. The molecule has 25 heavy (non-hydrogen) atoms. The summed E-state index contributed by atoms with van der Waals surface area (Å²) < 4.78 is 0. The summed E-state index contributed by atoms with van der Waals surface area (Å²) in [4.78, 5) is 13.2. The largest absolute Gasteiger partial charge is 0.393 e. The number of rotatable bonds is 5. The van der Waals surface area contributed by atoms with Crippen molar-refractivity contribution < 1.29 is 9.90 Å². The van der Waals surface area contributed by atoms with Gasteiger partial charge in [0.25, 0.3) is 0 Å². The lowest BCUT2D eigenvalue weighted by molar-refractivity contribution is -0.125. The molecule has 0 radical (unpaired) electrons. The highest BCUT2D eigenvalue weighted by Gasteiger charge is 2.37. The van der Waals surface area contributed by atoms with Crippen LogP contribution in [0.15, 0.2) is 60.7 Å². The molecule has 0 aromatic heterocycles. The zero-order valence-electron chi connectivity index (χ0n) is 14.8. The third kappa shape index (κ3) is 3.93. The van der Waals surface area contributed by atoms with Gasteiger partial charge < -0.3 is 10.4 Å². The van der Waals surface area contributed by atoms with Crippen molar-refractivity contribution in [2.45, 2.75) is 44.1 Å². The minimum absolute atomic E-state index is 0.0185. The molecule has 2 aromatic carbocycles. The predicted octanol–water partition coefficient (Wildman–Crippen LogP) is 3.66. The van der Waals surface area contributed by atoms with Gasteiger partial charge in [0.2, 0.25) is 5.91 Å². The van der Waals surface area contributed by atoms with E-state index in [2.05, 4.69) is 5.32 Å². The summed E-state index contributed by atoms with van der Waals surface area (Å²) in [5.74, 6) is 0.383. The maximum Gasteiger partial charge on any atom is 0.234 e. The molecule has 0 saturated heterocycles. The first kappa shape index (κ1) is 17.7. The fraction of sp³-hybridized carbons (Fsp3) is 0.409. The molecule has 132 valence electrons. The number of benzene rings is 2. The fourth-order valence-electron chi connectivity index (χ4n) is 3.83. The van der Waals surface area contributed by atoms with Gasteiger partial charge >= 0.3 is 0 Å². The molecule has 3 rings (SSSR count). The van der Waals surface area contributed by atoms with Crippen LogP contribution in [0.1, 0.15) is 43.7 Å². The van der Waals surface area contributed by atoms with Crippen LogP contribution in [-0.4, -0.2) is 23.7 Å². The van der Waals surface area contributed by atoms with Gasteiger partial charge in [-0.1, -0.05) is 67.1 Å². The maximum atomic E-state index is 13.2. The summed E-state index contributed by atoms with van der Waals surface area (Å²) >= 11 is 0. The Kier molecular flexibility index (Phi) is 5.54. The van der Waals surface area contributed by atoms with Crippen LogP contribution in [0.4, 0.5) is 0 Å². The Hall–Kier alpha value is -2.13. The van der Waals surface area contributed by atoms with Gasteiger partial charge in [-0.15, -0.1) is 0 Å². The van der Waals surface area contributed by atoms with Crippen LogP contribution in [-0.2, 0) is 10.2 Å². The Morgan fingerprint density at radius 2 is 1.60 bits per heavy atom. The van der Waals surface area contributed by atoms with Crippen LogP contribution in [0.2, 0.25) is 0 Å². The molecule has 0 spiro atoms. The highest BCUT2D eigenvalue weighted by atomic mass is 16.3. The van der Waals surface area contributed by atoms with Crippen molar-refractivity contribution >= 4 is 5.91 Å². The second-order valence-electron chi connectivity index (χ2n) is 7.25. The van der Waals surface area contributed by atoms with Crippen molar-refractivity contribution in [2.24, 2.45) is 5.92 Å². The van der Waals surface area contributed by atoms with Gasteiger partial charge in [-0.3, -0.25) is 4.79 Å². The van der Waals surface area contributed by atoms with E-state index in [1.807, 2.05) is 67.6 Å². The van der Waals surface area contributed by atoms with Gasteiger partial charge in [-0.25, -0.2) is 0 Å². The maximum absolute atomic E-state index is 13.2. The molecule has 0 aliphatic heterocycles. The van der Waals surface area contributed by atoms with E-state index in [0.29, 0.717) is 12.5 Å². The Morgan fingerprint density at radius 1 is 1.04 bits per heavy atom. The van der Waals surface area contributed by atoms with Crippen molar-refractivity contribution in [3.8, 4) is 0 Å². The van der Waals surface area contributed by atoms with Gasteiger partial charge in [0.05, 0.1) is 11.5 Å². The number of hydrogen-bond acceptors (Lipinski definition) is 2. The van der Waals surface area contributed by atoms with Crippen LogP contribution in [0.25, 0.3) is 0 Å². The van der Waals surface area contributed by atoms with Gasteiger partial charge in [-0.2, -0.15) is 0 Å². The molecular formula is C22H27NO2. The summed E-state index contributed by atoms with van der Waals surface area (Å²) in [5.41, 5.74) is 1.25. The van der Waals surface area contributed by atoms with Crippen molar-refractivity contribution in [3.63, 3.8) is 0 Å². The molecule has 0 heterocycles. The SMILES string of the molecule is CC(C(=O)NCC1CCCC(O)C1)(c1ccccc1)c1ccccc1. The number of aliphatic hydroxyl groups is 1. The second kappa shape index (κ2) is 7.83. The number of hydrogen-bond donors (Lipinski definition) is 2. The number of carbonyl (C=O) groups is 1. The van der Waals surface area contributed by atoms with Gasteiger partial charge in [-0.05, 0) is 43.2 Å². The van der Waals surface area contributed by atoms with E-state index < -0.39 is 5.41 Å². The molecule has 2 atom stereocenters. The normalized spacial score (nSPS) is 20.9. The highest BCUT2D eigenvalue weighted by Crippen LogP contribution is 2.32. The first-order chi connectivity index (χ1) is 12.1. The summed E-state index contributed by atoms with van der Waals surface area (Å²) in [6, 6.07) is 19.9. The highest BCUT2D eigenvalue weighted by molar-refractivity contribution is 5.91. The summed E-state index contributed by atoms with van der Waals surface area (Å²) in [5, 5.41) is 13.0. The predicted molar refractivity (Wildman–Crippen MR) is 100 cm³/mol. The van der Waals surface area contributed by atoms with Gasteiger partial charge in [0.15, 0.2) is 0 Å². The average Bonchev–Trinajstić information content (AvgIpc) is 2.67. The smallest absolute Gasteiger partial charge is 0.234 e. The van der Waals surface area contributed by atoms with Crippen LogP contribution < -0.4 is 5.32 Å². The van der Waals surface area contributed by atoms with Crippen LogP contribution >= 0.6 is 0 Å². The molecule has 1 aliphatic rings. The molecule has 2 aromatic rings. The van der Waals surface area contributed by atoms with E-state index in [9.17, 15) is 9.90 Å². The van der Waals surface area contributed by atoms with E-state index in [1.165, 1.54) is 0 Å². The summed E-state index contributed by atoms with van der Waals surface area (Å²) in [6.07, 6.45) is 3.57. The molecule has 2 N–H and O–H groups in total. The lowest BCUT2D eigenvalue weighted by Crippen LogP contribution is -2.45. The van der Waals surface area contributed by atoms with Crippen molar-refractivity contribution in [1.82, 2.24) is 5.32 Å². The van der Waals surface area contributed by atoms with Gasteiger partial charge in [0.1, 0.15) is 0 Å². The number of nitrogens with one attached hydrogen (secondary N) is 1. The minimum Gasteiger partial charge on any atom is -0.393 e. The van der Waals surface area contributed by atoms with E-state index in [4.69, 9.17) is 0 Å². The molecule has 3 nitrogen and oxygen atoms in total. The molecular weight excluding hydrogens is 310 g/mol. The Morgan fingerprint density at radius 3 is 2.12 bits per heavy atom. The molecule has 1 fully saturated rings. The zero-order chi connectivity index (χ0) is 17.7. The second-order valence-corrected chi connectivity index (χ2v) is 7.25. The van der Waals surface area contributed by atoms with E-state index in [0.717, 1.165) is 36.8 Å². The molecule has 2 unspecified atom stereocenters. The van der Waals surface area contributed by atoms with E-state index in [-0.39, 0.29) is 12.0 Å². The quantitative estimate of drug-likeness (QED) is 0.875. The number of carbonyl (C=O) groups excluding carboxylic acids is 1. The Labute approximate surface area is 150 Å². The average molecular weight is 337 g/mol. The van der Waals surface area contributed by atoms with Crippen LogP contribution in [0, 0.1) is 5.92 Å².